The molecule has 0 aliphatic rings. The molecule has 0 spiro atoms. The number of H-pyrrole nitrogens is 1. The largest absolute Gasteiger partial charge is 0.631 e. The molecule has 4 N–H and O–H groups in total. The van der Waals surface area contributed by atoms with Gasteiger partial charge in [-0.1, -0.05) is 0 Å². The third-order valence-electron chi connectivity index (χ3n) is 0.583. The van der Waals surface area contributed by atoms with Gasteiger partial charge in [0.25, 0.3) is 5.56 Å². The average molecular weight is 158 g/mol. The van der Waals surface area contributed by atoms with Crippen molar-refractivity contribution in [3.05, 3.63) is 28.7 Å². The van der Waals surface area contributed by atoms with Gasteiger partial charge in [0.05, 0.1) is 0 Å². The Morgan fingerprint density at radius 3 is 2.18 bits per heavy atom. The van der Waals surface area contributed by atoms with Gasteiger partial charge in [0, 0.05) is 12.3 Å². The van der Waals surface area contributed by atoms with Gasteiger partial charge in [0.2, 0.25) is 0 Å². The zero-order valence-corrected chi connectivity index (χ0v) is 5.51. The lowest BCUT2D eigenvalue weighted by Crippen LogP contribution is -2.07. The average Bonchev–Trinajstić information content (AvgIpc) is 1.87. The SMILES string of the molecule is O=c1cccn[nH]1.OB(O)O. The molecule has 11 heavy (non-hydrogen) atoms. The molecule has 0 saturated carbocycles. The predicted molar refractivity (Wildman–Crippen MR) is 37.3 cm³/mol. The molecule has 1 rings (SSSR count). The molecule has 0 fully saturated rings. The molecule has 60 valence electrons. The Hall–Kier alpha value is -1.18. The van der Waals surface area contributed by atoms with Crippen LogP contribution in [0.25, 0.3) is 0 Å². The van der Waals surface area contributed by atoms with Gasteiger partial charge in [0.1, 0.15) is 0 Å². The summed E-state index contributed by atoms with van der Waals surface area (Å²) in [5.41, 5.74) is -0.164. The van der Waals surface area contributed by atoms with Crippen LogP contribution in [-0.4, -0.2) is 32.6 Å². The fourth-order valence-corrected chi connectivity index (χ4v) is 0.312. The van der Waals surface area contributed by atoms with Crippen molar-refractivity contribution in [3.8, 4) is 0 Å². The van der Waals surface area contributed by atoms with Gasteiger partial charge in [-0.15, -0.1) is 0 Å². The number of hydrogen-bond donors (Lipinski definition) is 4. The maximum atomic E-state index is 10.2. The van der Waals surface area contributed by atoms with Crippen molar-refractivity contribution in [2.75, 3.05) is 0 Å². The summed E-state index contributed by atoms with van der Waals surface area (Å²) in [5.74, 6) is 0. The zero-order valence-electron chi connectivity index (χ0n) is 5.51. The topological polar surface area (TPSA) is 106 Å². The van der Waals surface area contributed by atoms with Gasteiger partial charge in [0.15, 0.2) is 0 Å². The normalized spacial score (nSPS) is 7.91. The Bertz CT molecular complexity index is 217. The minimum Gasteiger partial charge on any atom is -0.402 e. The highest BCUT2D eigenvalue weighted by molar-refractivity contribution is 6.30. The second kappa shape index (κ2) is 5.60. The van der Waals surface area contributed by atoms with Crippen molar-refractivity contribution in [2.24, 2.45) is 0 Å². The Kier molecular flexibility index (Phi) is 5.00. The van der Waals surface area contributed by atoms with E-state index in [0.29, 0.717) is 0 Å². The predicted octanol–water partition coefficient (Wildman–Crippen LogP) is -2.28. The fourth-order valence-electron chi connectivity index (χ4n) is 0.312. The number of hydrogen-bond acceptors (Lipinski definition) is 5. The quantitative estimate of drug-likeness (QED) is 0.318. The summed E-state index contributed by atoms with van der Waals surface area (Å²) in [5, 5.41) is 27.2. The van der Waals surface area contributed by atoms with Crippen LogP contribution in [0, 0.1) is 0 Å². The highest BCUT2D eigenvalue weighted by Gasteiger charge is 1.92. The standard InChI is InChI=1S/C4H4N2O.BH3O3/c7-4-2-1-3-5-6-4;2-1(3)4/h1-3H,(H,6,7);2-4H. The number of rotatable bonds is 0. The van der Waals surface area contributed by atoms with Gasteiger partial charge in [-0.2, -0.15) is 5.10 Å². The van der Waals surface area contributed by atoms with E-state index in [1.807, 2.05) is 0 Å². The van der Waals surface area contributed by atoms with Crippen LogP contribution in [-0.2, 0) is 0 Å². The van der Waals surface area contributed by atoms with Crippen LogP contribution in [0.5, 0.6) is 0 Å². The zero-order chi connectivity index (χ0) is 8.69. The van der Waals surface area contributed by atoms with Crippen molar-refractivity contribution in [2.45, 2.75) is 0 Å². The molecule has 1 aromatic heterocycles. The molecule has 0 radical (unpaired) electrons. The van der Waals surface area contributed by atoms with E-state index in [-0.39, 0.29) is 5.56 Å². The summed E-state index contributed by atoms with van der Waals surface area (Å²) < 4.78 is 0. The molecule has 0 atom stereocenters. The van der Waals surface area contributed by atoms with E-state index < -0.39 is 7.32 Å². The van der Waals surface area contributed by atoms with Gasteiger partial charge in [-0.3, -0.25) is 4.79 Å². The molecule has 0 saturated heterocycles. The Morgan fingerprint density at radius 2 is 2.00 bits per heavy atom. The molecule has 0 unspecified atom stereocenters. The highest BCUT2D eigenvalue weighted by Crippen LogP contribution is 1.60. The van der Waals surface area contributed by atoms with E-state index in [1.165, 1.54) is 12.3 Å². The van der Waals surface area contributed by atoms with Crippen LogP contribution in [0.2, 0.25) is 0 Å². The maximum absolute atomic E-state index is 10.2. The number of nitrogens with one attached hydrogen (secondary N) is 1. The van der Waals surface area contributed by atoms with Crippen LogP contribution in [0.4, 0.5) is 0 Å². The van der Waals surface area contributed by atoms with Gasteiger partial charge in [-0.25, -0.2) is 5.10 Å². The van der Waals surface area contributed by atoms with E-state index in [0.717, 1.165) is 0 Å². The van der Waals surface area contributed by atoms with E-state index in [9.17, 15) is 4.79 Å². The third-order valence-corrected chi connectivity index (χ3v) is 0.583. The van der Waals surface area contributed by atoms with Crippen LogP contribution < -0.4 is 5.56 Å². The van der Waals surface area contributed by atoms with Crippen LogP contribution >= 0.6 is 0 Å². The van der Waals surface area contributed by atoms with Crippen LogP contribution in [0.1, 0.15) is 0 Å². The van der Waals surface area contributed by atoms with Gasteiger partial charge < -0.3 is 15.1 Å². The lowest BCUT2D eigenvalue weighted by molar-refractivity contribution is 0.278. The lowest BCUT2D eigenvalue weighted by Gasteiger charge is -1.72. The maximum Gasteiger partial charge on any atom is 0.631 e. The summed E-state index contributed by atoms with van der Waals surface area (Å²) in [7, 11) is -2.17. The van der Waals surface area contributed by atoms with Crippen molar-refractivity contribution in [1.82, 2.24) is 10.2 Å². The molecule has 0 bridgehead atoms. The Balaban J connectivity index is 0.000000218. The first kappa shape index (κ1) is 9.82. The molecule has 0 aliphatic heterocycles. The van der Waals surface area contributed by atoms with Gasteiger partial charge in [-0.05, 0) is 6.07 Å². The lowest BCUT2D eigenvalue weighted by atomic mass is 10.3. The monoisotopic (exact) mass is 158 g/mol. The minimum atomic E-state index is -2.17. The Morgan fingerprint density at radius 1 is 1.45 bits per heavy atom. The summed E-state index contributed by atoms with van der Waals surface area (Å²) >= 11 is 0. The van der Waals surface area contributed by atoms with E-state index in [2.05, 4.69) is 10.2 Å². The van der Waals surface area contributed by atoms with Gasteiger partial charge >= 0.3 is 7.32 Å². The second-order valence-corrected chi connectivity index (χ2v) is 1.46. The van der Waals surface area contributed by atoms with Crippen molar-refractivity contribution in [1.29, 1.82) is 0 Å². The first-order valence-corrected chi connectivity index (χ1v) is 2.67. The van der Waals surface area contributed by atoms with E-state index >= 15 is 0 Å². The van der Waals surface area contributed by atoms with Crippen molar-refractivity contribution in [3.63, 3.8) is 0 Å². The first-order chi connectivity index (χ1) is 5.13. The van der Waals surface area contributed by atoms with Crippen molar-refractivity contribution >= 4 is 7.32 Å². The molecular formula is C4H7BN2O4. The van der Waals surface area contributed by atoms with E-state index in [1.54, 1.807) is 6.07 Å². The Labute approximate surface area is 62.3 Å². The summed E-state index contributed by atoms with van der Waals surface area (Å²) in [6, 6.07) is 2.99. The molecule has 1 heterocycles. The summed E-state index contributed by atoms with van der Waals surface area (Å²) in [6.45, 7) is 0. The fraction of sp³-hybridized carbons (Fsp3) is 0. The minimum absolute atomic E-state index is 0.164. The number of aromatic amines is 1. The molecule has 6 nitrogen and oxygen atoms in total. The molecule has 0 aliphatic carbocycles. The number of aromatic nitrogens is 2. The van der Waals surface area contributed by atoms with E-state index in [4.69, 9.17) is 15.1 Å². The summed E-state index contributed by atoms with van der Waals surface area (Å²) in [4.78, 5) is 10.2. The molecule has 7 heteroatoms. The molecular weight excluding hydrogens is 151 g/mol. The summed E-state index contributed by atoms with van der Waals surface area (Å²) in [6.07, 6.45) is 1.52. The molecule has 0 aromatic carbocycles. The van der Waals surface area contributed by atoms with Crippen molar-refractivity contribution < 1.29 is 15.1 Å². The third kappa shape index (κ3) is 8.82. The highest BCUT2D eigenvalue weighted by atomic mass is 16.5. The smallest absolute Gasteiger partial charge is 0.402 e. The first-order valence-electron chi connectivity index (χ1n) is 2.67. The van der Waals surface area contributed by atoms with Crippen LogP contribution in [0.3, 0.4) is 0 Å². The molecule has 0 amide bonds. The molecule has 1 aromatic rings. The number of nitrogens with zero attached hydrogens (tertiary/aromatic N) is 1. The van der Waals surface area contributed by atoms with Crippen LogP contribution in [0.15, 0.2) is 23.1 Å². The second-order valence-electron chi connectivity index (χ2n) is 1.46.